The third-order valence-electron chi connectivity index (χ3n) is 11.2. The van der Waals surface area contributed by atoms with E-state index in [2.05, 4.69) is 26.7 Å². The number of allylic oxidation sites excluding steroid dienone is 1. The molecule has 2 fully saturated rings. The summed E-state index contributed by atoms with van der Waals surface area (Å²) in [7, 11) is -3.98. The van der Waals surface area contributed by atoms with Crippen LogP contribution in [-0.2, 0) is 31.4 Å². The van der Waals surface area contributed by atoms with Crippen molar-refractivity contribution in [2.45, 2.75) is 68.7 Å². The lowest BCUT2D eigenvalue weighted by molar-refractivity contribution is -0.142. The summed E-state index contributed by atoms with van der Waals surface area (Å²) in [6.45, 7) is 8.15. The van der Waals surface area contributed by atoms with Gasteiger partial charge in [-0.15, -0.1) is 0 Å². The van der Waals surface area contributed by atoms with Crippen molar-refractivity contribution in [3.05, 3.63) is 70.3 Å². The van der Waals surface area contributed by atoms with E-state index in [1.54, 1.807) is 25.1 Å². The molecule has 12 heteroatoms. The van der Waals surface area contributed by atoms with Crippen LogP contribution in [0.1, 0.15) is 61.0 Å². The quantitative estimate of drug-likeness (QED) is 0.443. The van der Waals surface area contributed by atoms with Gasteiger partial charge in [-0.1, -0.05) is 36.7 Å². The number of nitrogens with one attached hydrogen (secondary N) is 1. The summed E-state index contributed by atoms with van der Waals surface area (Å²) in [5, 5.41) is -0.110. The van der Waals surface area contributed by atoms with Gasteiger partial charge < -0.3 is 19.3 Å². The Hall–Kier alpha value is -3.12. The predicted octanol–water partition coefficient (Wildman–Crippen LogP) is 4.16. The van der Waals surface area contributed by atoms with Crippen molar-refractivity contribution in [1.29, 1.82) is 0 Å². The first-order chi connectivity index (χ1) is 23.0. The minimum absolute atomic E-state index is 0.0531. The molecule has 0 saturated carbocycles. The van der Waals surface area contributed by atoms with Crippen molar-refractivity contribution in [3.8, 4) is 5.75 Å². The molecular formula is C36H45ClN4O6S. The molecule has 4 aliphatic heterocycles. The number of hydrogen-bond donors (Lipinski definition) is 1. The second kappa shape index (κ2) is 13.3. The number of morpholine rings is 1. The number of nitrogens with zero attached hydrogens (tertiary/aromatic N) is 3. The summed E-state index contributed by atoms with van der Waals surface area (Å²) in [5.41, 5.74) is 3.17. The highest BCUT2D eigenvalue weighted by Gasteiger charge is 2.45. The van der Waals surface area contributed by atoms with Crippen LogP contribution in [0.3, 0.4) is 0 Å². The maximum Gasteiger partial charge on any atom is 0.264 e. The molecule has 1 N–H and O–H groups in total. The van der Waals surface area contributed by atoms with Crippen LogP contribution in [-0.4, -0.2) is 99.9 Å². The van der Waals surface area contributed by atoms with E-state index in [1.807, 2.05) is 30.0 Å². The van der Waals surface area contributed by atoms with Crippen LogP contribution < -0.4 is 14.4 Å². The van der Waals surface area contributed by atoms with Gasteiger partial charge in [-0.2, -0.15) is 0 Å². The van der Waals surface area contributed by atoms with E-state index in [1.165, 1.54) is 11.1 Å². The highest BCUT2D eigenvalue weighted by atomic mass is 35.5. The van der Waals surface area contributed by atoms with E-state index < -0.39 is 27.2 Å². The normalized spacial score (nSPS) is 31.4. The van der Waals surface area contributed by atoms with Gasteiger partial charge >= 0.3 is 0 Å². The van der Waals surface area contributed by atoms with E-state index in [0.717, 1.165) is 42.9 Å². The number of aryl methyl sites for hydroxylation is 1. The smallest absolute Gasteiger partial charge is 0.264 e. The van der Waals surface area contributed by atoms with Crippen molar-refractivity contribution in [2.24, 2.45) is 5.92 Å². The molecule has 0 radical (unpaired) electrons. The fourth-order valence-electron chi connectivity index (χ4n) is 8.04. The lowest BCUT2D eigenvalue weighted by Crippen LogP contribution is -2.62. The van der Waals surface area contributed by atoms with Crippen molar-refractivity contribution in [3.63, 3.8) is 0 Å². The van der Waals surface area contributed by atoms with Crippen LogP contribution in [0.5, 0.6) is 5.75 Å². The third-order valence-corrected chi connectivity index (χ3v) is 13.4. The molecule has 5 atom stereocenters. The molecule has 2 saturated heterocycles. The lowest BCUT2D eigenvalue weighted by atomic mass is 9.70. The molecule has 2 aromatic carbocycles. The molecule has 0 aromatic heterocycles. The van der Waals surface area contributed by atoms with Gasteiger partial charge in [0.15, 0.2) is 0 Å². The van der Waals surface area contributed by atoms with Gasteiger partial charge in [0.2, 0.25) is 15.9 Å². The zero-order chi connectivity index (χ0) is 33.6. The number of rotatable bonds is 1. The number of amides is 2. The van der Waals surface area contributed by atoms with Crippen molar-refractivity contribution >= 4 is 39.1 Å². The number of carbonyl (C=O) groups excluding carboxylic acids is 2. The van der Waals surface area contributed by atoms with E-state index >= 15 is 0 Å². The Bertz CT molecular complexity index is 1710. The minimum atomic E-state index is -3.98. The standard InChI is InChI=1S/C36H45ClN4O6S/c1-24-5-3-7-31(35(43)39-15-17-46-18-16-39)41-14-12-29(41)21-40-22-36(13-4-6-26-19-28(37)9-10-30(26)36)23-47-33-11-8-27(20-32(33)40)34(42)38-48(44,45)25(24)2/h3,7-11,19-20,24-25,29,31H,4-6,12-18,21-23H2,1-2H3,(H,38,42)/b7-3+/t24-,25+,29-,31-,36-/m0/s1. The van der Waals surface area contributed by atoms with Crippen molar-refractivity contribution in [1.82, 2.24) is 14.5 Å². The summed E-state index contributed by atoms with van der Waals surface area (Å²) in [5.74, 6) is -0.233. The number of ether oxygens (including phenoxy) is 2. The zero-order valence-corrected chi connectivity index (χ0v) is 29.3. The first-order valence-electron chi connectivity index (χ1n) is 17.2. The van der Waals surface area contributed by atoms with E-state index in [4.69, 9.17) is 21.1 Å². The second-order valence-electron chi connectivity index (χ2n) is 14.2. The van der Waals surface area contributed by atoms with Crippen LogP contribution >= 0.6 is 11.6 Å². The maximum absolute atomic E-state index is 14.1. The predicted molar refractivity (Wildman–Crippen MR) is 185 cm³/mol. The number of anilines is 1. The molecule has 7 rings (SSSR count). The Morgan fingerprint density at radius 3 is 2.67 bits per heavy atom. The Balaban J connectivity index is 1.30. The highest BCUT2D eigenvalue weighted by Crippen LogP contribution is 2.45. The molecule has 4 heterocycles. The molecule has 48 heavy (non-hydrogen) atoms. The minimum Gasteiger partial charge on any atom is -0.490 e. The third kappa shape index (κ3) is 6.34. The molecule has 2 aromatic rings. The van der Waals surface area contributed by atoms with Crippen molar-refractivity contribution in [2.75, 3.05) is 57.4 Å². The lowest BCUT2D eigenvalue weighted by Gasteiger charge is -2.49. The topological polar surface area (TPSA) is 108 Å². The van der Waals surface area contributed by atoms with Crippen LogP contribution in [0.2, 0.25) is 5.02 Å². The number of benzene rings is 2. The zero-order valence-electron chi connectivity index (χ0n) is 27.7. The monoisotopic (exact) mass is 696 g/mol. The summed E-state index contributed by atoms with van der Waals surface area (Å²) < 4.78 is 41.3. The van der Waals surface area contributed by atoms with E-state index in [9.17, 15) is 18.0 Å². The van der Waals surface area contributed by atoms with Crippen LogP contribution in [0.25, 0.3) is 0 Å². The number of fused-ring (bicyclic) bond motifs is 4. The van der Waals surface area contributed by atoms with Crippen molar-refractivity contribution < 1.29 is 27.5 Å². The molecule has 1 spiro atoms. The Kier molecular flexibility index (Phi) is 9.25. The first-order valence-corrected chi connectivity index (χ1v) is 19.1. The maximum atomic E-state index is 14.1. The number of carbonyl (C=O) groups is 2. The molecule has 10 nitrogen and oxygen atoms in total. The number of halogens is 1. The van der Waals surface area contributed by atoms with Gasteiger partial charge in [-0.3, -0.25) is 14.5 Å². The fraction of sp³-hybridized carbons (Fsp3) is 0.556. The van der Waals surface area contributed by atoms with Gasteiger partial charge in [0, 0.05) is 54.8 Å². The molecule has 2 bridgehead atoms. The Morgan fingerprint density at radius 2 is 1.90 bits per heavy atom. The molecule has 258 valence electrons. The second-order valence-corrected chi connectivity index (χ2v) is 16.6. The van der Waals surface area contributed by atoms with E-state index in [0.29, 0.717) is 58.2 Å². The van der Waals surface area contributed by atoms with Gasteiger partial charge in [-0.05, 0) is 86.4 Å². The summed E-state index contributed by atoms with van der Waals surface area (Å²) >= 11 is 6.44. The number of sulfonamides is 1. The highest BCUT2D eigenvalue weighted by molar-refractivity contribution is 7.90. The summed E-state index contributed by atoms with van der Waals surface area (Å²) in [6.07, 6.45) is 8.18. The Labute approximate surface area is 288 Å². The van der Waals surface area contributed by atoms with Gasteiger partial charge in [-0.25, -0.2) is 13.1 Å². The largest absolute Gasteiger partial charge is 0.490 e. The molecule has 1 aliphatic carbocycles. The van der Waals surface area contributed by atoms with E-state index in [-0.39, 0.29) is 28.8 Å². The van der Waals surface area contributed by atoms with Crippen LogP contribution in [0.4, 0.5) is 5.69 Å². The summed E-state index contributed by atoms with van der Waals surface area (Å²) in [6, 6.07) is 11.0. The molecular weight excluding hydrogens is 652 g/mol. The van der Waals surface area contributed by atoms with Gasteiger partial charge in [0.05, 0.1) is 30.8 Å². The van der Waals surface area contributed by atoms with Gasteiger partial charge in [0.1, 0.15) is 11.8 Å². The summed E-state index contributed by atoms with van der Waals surface area (Å²) in [4.78, 5) is 34.1. The molecule has 0 unspecified atom stereocenters. The van der Waals surface area contributed by atoms with Crippen LogP contribution in [0, 0.1) is 5.92 Å². The van der Waals surface area contributed by atoms with Gasteiger partial charge in [0.25, 0.3) is 5.91 Å². The molecule has 5 aliphatic rings. The Morgan fingerprint density at radius 1 is 1.08 bits per heavy atom. The average molecular weight is 697 g/mol. The average Bonchev–Trinajstić information content (AvgIpc) is 3.21. The SMILES string of the molecule is C[C@@H]1[C@@H](C)C/C=C/[C@@H](C(=O)N2CCOCC2)N2CC[C@H]2CN2C[C@@]3(CCCc4cc(Cl)ccc43)COc3ccc(cc32)C(=O)NS1(=O)=O. The molecule has 2 amide bonds. The van der Waals surface area contributed by atoms with Crippen LogP contribution in [0.15, 0.2) is 48.6 Å². The first kappa shape index (κ1) is 33.4. The number of hydrogen-bond acceptors (Lipinski definition) is 8. The fourth-order valence-corrected chi connectivity index (χ4v) is 9.52.